The highest BCUT2D eigenvalue weighted by atomic mass is 19.1. The average molecular weight is 580 g/mol. The maximum absolute atomic E-state index is 15.6. The molecule has 1 amide bonds. The van der Waals surface area contributed by atoms with Gasteiger partial charge in [0.25, 0.3) is 5.91 Å². The number of ether oxygens (including phenoxy) is 3. The van der Waals surface area contributed by atoms with Crippen LogP contribution in [-0.2, 0) is 22.4 Å². The summed E-state index contributed by atoms with van der Waals surface area (Å²) in [5.41, 5.74) is 4.44. The van der Waals surface area contributed by atoms with Crippen molar-refractivity contribution in [3.8, 4) is 22.6 Å². The van der Waals surface area contributed by atoms with Crippen LogP contribution < -0.4 is 14.4 Å². The van der Waals surface area contributed by atoms with Crippen LogP contribution in [0, 0.1) is 25.5 Å². The summed E-state index contributed by atoms with van der Waals surface area (Å²) >= 11 is 0. The third-order valence-corrected chi connectivity index (χ3v) is 7.84. The second kappa shape index (κ2) is 11.0. The number of anilines is 1. The van der Waals surface area contributed by atoms with Crippen LogP contribution >= 0.6 is 0 Å². The molecule has 0 unspecified atom stereocenters. The SMILES string of the molecule is COc1cc(C(=O)N2CCc3c2cc(C)c([C@H](OC(C)(C)C)C(=O)O)c3-c2cc(F)c3c(c2C)CCCO3)ccc1F. The van der Waals surface area contributed by atoms with E-state index in [1.54, 1.807) is 38.7 Å². The van der Waals surface area contributed by atoms with Crippen molar-refractivity contribution in [3.05, 3.63) is 75.3 Å². The second-order valence-corrected chi connectivity index (χ2v) is 11.8. The molecule has 0 spiro atoms. The van der Waals surface area contributed by atoms with Crippen LogP contribution in [0.25, 0.3) is 11.1 Å². The zero-order chi connectivity index (χ0) is 30.5. The normalized spacial score (nSPS) is 15.1. The first-order valence-electron chi connectivity index (χ1n) is 14.0. The van der Waals surface area contributed by atoms with Crippen molar-refractivity contribution in [3.63, 3.8) is 0 Å². The van der Waals surface area contributed by atoms with E-state index in [9.17, 15) is 19.1 Å². The summed E-state index contributed by atoms with van der Waals surface area (Å²) < 4.78 is 46.5. The number of amides is 1. The van der Waals surface area contributed by atoms with E-state index in [0.717, 1.165) is 23.1 Å². The molecule has 1 atom stereocenters. The Balaban J connectivity index is 1.76. The second-order valence-electron chi connectivity index (χ2n) is 11.8. The molecular weight excluding hydrogens is 544 g/mol. The molecule has 222 valence electrons. The van der Waals surface area contributed by atoms with Crippen LogP contribution in [0.1, 0.15) is 71.5 Å². The fourth-order valence-corrected chi connectivity index (χ4v) is 6.00. The Morgan fingerprint density at radius 1 is 1.05 bits per heavy atom. The van der Waals surface area contributed by atoms with Gasteiger partial charge in [0.15, 0.2) is 29.2 Å². The van der Waals surface area contributed by atoms with Gasteiger partial charge in [0.1, 0.15) is 0 Å². The number of carboxylic acids is 1. The van der Waals surface area contributed by atoms with E-state index in [-0.39, 0.29) is 23.0 Å². The number of hydrogen-bond acceptors (Lipinski definition) is 5. The minimum absolute atomic E-state index is 0.0431. The van der Waals surface area contributed by atoms with Crippen molar-refractivity contribution in [1.29, 1.82) is 0 Å². The van der Waals surface area contributed by atoms with Crippen molar-refractivity contribution < 1.29 is 37.7 Å². The number of halogens is 2. The van der Waals surface area contributed by atoms with E-state index in [0.29, 0.717) is 53.9 Å². The first-order chi connectivity index (χ1) is 19.8. The molecule has 7 nitrogen and oxygen atoms in total. The van der Waals surface area contributed by atoms with Crippen LogP contribution in [-0.4, -0.2) is 42.8 Å². The van der Waals surface area contributed by atoms with Gasteiger partial charge >= 0.3 is 5.97 Å². The molecule has 0 aliphatic carbocycles. The van der Waals surface area contributed by atoms with Gasteiger partial charge in [-0.15, -0.1) is 0 Å². The Labute approximate surface area is 244 Å². The van der Waals surface area contributed by atoms with E-state index in [4.69, 9.17) is 14.2 Å². The summed E-state index contributed by atoms with van der Waals surface area (Å²) in [5, 5.41) is 10.4. The summed E-state index contributed by atoms with van der Waals surface area (Å²) in [6.45, 7) is 9.74. The highest BCUT2D eigenvalue weighted by molar-refractivity contribution is 6.08. The summed E-state index contributed by atoms with van der Waals surface area (Å²) in [6, 6.07) is 7.14. The maximum Gasteiger partial charge on any atom is 0.337 e. The molecule has 0 aromatic heterocycles. The van der Waals surface area contributed by atoms with Gasteiger partial charge in [0, 0.05) is 28.9 Å². The van der Waals surface area contributed by atoms with Crippen LogP contribution in [0.2, 0.25) is 0 Å². The summed E-state index contributed by atoms with van der Waals surface area (Å²) in [7, 11) is 1.33. The number of carbonyl (C=O) groups is 2. The highest BCUT2D eigenvalue weighted by Crippen LogP contribution is 2.48. The molecule has 2 heterocycles. The molecular formula is C33H35F2NO6. The first kappa shape index (κ1) is 29.5. The quantitative estimate of drug-likeness (QED) is 0.349. The Morgan fingerprint density at radius 3 is 2.45 bits per heavy atom. The van der Waals surface area contributed by atoms with E-state index < -0.39 is 29.3 Å². The summed E-state index contributed by atoms with van der Waals surface area (Å²) in [4.78, 5) is 28.0. The topological polar surface area (TPSA) is 85.3 Å². The van der Waals surface area contributed by atoms with Crippen LogP contribution in [0.3, 0.4) is 0 Å². The number of benzene rings is 3. The van der Waals surface area contributed by atoms with Crippen LogP contribution in [0.4, 0.5) is 14.5 Å². The third-order valence-electron chi connectivity index (χ3n) is 7.84. The smallest absolute Gasteiger partial charge is 0.337 e. The van der Waals surface area contributed by atoms with Crippen molar-refractivity contribution in [2.24, 2.45) is 0 Å². The lowest BCUT2D eigenvalue weighted by Gasteiger charge is -2.30. The molecule has 9 heteroatoms. The lowest BCUT2D eigenvalue weighted by atomic mass is 9.83. The number of aliphatic carboxylic acids is 1. The van der Waals surface area contributed by atoms with Gasteiger partial charge in [-0.2, -0.15) is 0 Å². The van der Waals surface area contributed by atoms with Crippen molar-refractivity contribution in [2.45, 2.75) is 65.6 Å². The third kappa shape index (κ3) is 5.22. The molecule has 1 N–H and O–H groups in total. The van der Waals surface area contributed by atoms with E-state index in [2.05, 4.69) is 0 Å². The van der Waals surface area contributed by atoms with Gasteiger partial charge in [-0.3, -0.25) is 4.79 Å². The Bertz CT molecular complexity index is 1590. The predicted molar refractivity (Wildman–Crippen MR) is 155 cm³/mol. The molecule has 2 aliphatic rings. The van der Waals surface area contributed by atoms with Gasteiger partial charge in [0.2, 0.25) is 0 Å². The average Bonchev–Trinajstić information content (AvgIpc) is 3.36. The molecule has 0 radical (unpaired) electrons. The van der Waals surface area contributed by atoms with Crippen molar-refractivity contribution in [1.82, 2.24) is 0 Å². The van der Waals surface area contributed by atoms with E-state index in [1.807, 2.05) is 6.92 Å². The molecule has 5 rings (SSSR count). The summed E-state index contributed by atoms with van der Waals surface area (Å²) in [6.07, 6.45) is 0.432. The minimum Gasteiger partial charge on any atom is -0.494 e. The summed E-state index contributed by atoms with van der Waals surface area (Å²) in [5.74, 6) is -2.43. The number of carbonyl (C=O) groups excluding carboxylic acids is 1. The lowest BCUT2D eigenvalue weighted by molar-refractivity contribution is -0.160. The lowest BCUT2D eigenvalue weighted by Crippen LogP contribution is -2.30. The molecule has 3 aromatic rings. The van der Waals surface area contributed by atoms with Crippen LogP contribution in [0.15, 0.2) is 30.3 Å². The van der Waals surface area contributed by atoms with Crippen molar-refractivity contribution >= 4 is 17.6 Å². The van der Waals surface area contributed by atoms with Gasteiger partial charge in [0.05, 0.1) is 19.3 Å². The van der Waals surface area contributed by atoms with Gasteiger partial charge in [-0.25, -0.2) is 13.6 Å². The number of hydrogen-bond donors (Lipinski definition) is 1. The number of fused-ring (bicyclic) bond motifs is 2. The molecule has 0 saturated carbocycles. The molecule has 2 aliphatic heterocycles. The van der Waals surface area contributed by atoms with Gasteiger partial charge in [-0.1, -0.05) is 0 Å². The minimum atomic E-state index is -1.34. The monoisotopic (exact) mass is 579 g/mol. The zero-order valence-electron chi connectivity index (χ0n) is 24.7. The largest absolute Gasteiger partial charge is 0.494 e. The maximum atomic E-state index is 15.6. The number of carboxylic acid groups (broad SMARTS) is 1. The number of rotatable bonds is 6. The zero-order valence-corrected chi connectivity index (χ0v) is 24.7. The Hall–Kier alpha value is -3.98. The van der Waals surface area contributed by atoms with Gasteiger partial charge < -0.3 is 24.2 Å². The number of nitrogens with zero attached hydrogens (tertiary/aromatic N) is 1. The van der Waals surface area contributed by atoms with Gasteiger partial charge in [-0.05, 0) is 112 Å². The molecule has 0 bridgehead atoms. The fraction of sp³-hybridized carbons (Fsp3) is 0.394. The van der Waals surface area contributed by atoms with E-state index >= 15 is 4.39 Å². The van der Waals surface area contributed by atoms with E-state index in [1.165, 1.54) is 31.4 Å². The van der Waals surface area contributed by atoms with Crippen molar-refractivity contribution in [2.75, 3.05) is 25.2 Å². The number of aryl methyl sites for hydroxylation is 1. The number of methoxy groups -OCH3 is 1. The predicted octanol–water partition coefficient (Wildman–Crippen LogP) is 6.73. The molecule has 42 heavy (non-hydrogen) atoms. The highest BCUT2D eigenvalue weighted by Gasteiger charge is 2.37. The Kier molecular flexibility index (Phi) is 7.74. The molecule has 0 fully saturated rings. The molecule has 3 aromatic carbocycles. The standard InChI is InChI=1S/C33H35F2NO6/c1-17-14-25-21(11-12-36(25)31(37)19-9-10-23(34)26(15-19)40-6)28(27(17)30(32(38)39)42-33(3,4)5)22-16-24(35)29-20(18(22)2)8-7-13-41-29/h9-10,14-16,30H,7-8,11-13H2,1-6H3,(H,38,39)/t30-/m0/s1. The first-order valence-corrected chi connectivity index (χ1v) is 14.0. The fourth-order valence-electron chi connectivity index (χ4n) is 6.00. The Morgan fingerprint density at radius 2 is 1.79 bits per heavy atom. The molecule has 0 saturated heterocycles. The van der Waals surface area contributed by atoms with Crippen LogP contribution in [0.5, 0.6) is 11.5 Å².